The van der Waals surface area contributed by atoms with Crippen LogP contribution in [0, 0.1) is 17.7 Å². The third kappa shape index (κ3) is 6.43. The first-order chi connectivity index (χ1) is 26.4. The van der Waals surface area contributed by atoms with E-state index in [4.69, 9.17) is 10.1 Å². The highest BCUT2D eigenvalue weighted by molar-refractivity contribution is 6.05. The average molecular weight is 724 g/mol. The topological polar surface area (TPSA) is 119 Å². The second kappa shape index (κ2) is 14.0. The summed E-state index contributed by atoms with van der Waals surface area (Å²) in [7, 11) is 0. The molecule has 0 spiro atoms. The largest absolute Gasteiger partial charge is 0.354 e. The Hall–Kier alpha value is -6.13. The van der Waals surface area contributed by atoms with Gasteiger partial charge in [-0.15, -0.1) is 5.10 Å². The lowest BCUT2D eigenvalue weighted by atomic mass is 10.0. The van der Waals surface area contributed by atoms with Gasteiger partial charge in [0.05, 0.1) is 24.5 Å². The second-order valence-electron chi connectivity index (χ2n) is 14.2. The number of nitrogens with one attached hydrogen (secondary N) is 1. The number of piperazine rings is 1. The Morgan fingerprint density at radius 1 is 0.852 bits per heavy atom. The normalized spacial score (nSPS) is 20.3. The fourth-order valence-electron chi connectivity index (χ4n) is 8.08. The summed E-state index contributed by atoms with van der Waals surface area (Å²) in [6.07, 6.45) is 4.33. The predicted octanol–water partition coefficient (Wildman–Crippen LogP) is 4.21. The van der Waals surface area contributed by atoms with E-state index in [0.717, 1.165) is 90.9 Å². The Kier molecular flexibility index (Phi) is 8.75. The van der Waals surface area contributed by atoms with Gasteiger partial charge in [-0.2, -0.15) is 0 Å². The number of imide groups is 1. The minimum atomic E-state index is -0.631. The summed E-state index contributed by atoms with van der Waals surface area (Å²) >= 11 is 0. The maximum atomic E-state index is 14.1. The fourth-order valence-corrected chi connectivity index (χ4v) is 8.08. The van der Waals surface area contributed by atoms with Gasteiger partial charge in [0.15, 0.2) is 5.65 Å². The Bertz CT molecular complexity index is 2360. The third-order valence-electron chi connectivity index (χ3n) is 10.9. The van der Waals surface area contributed by atoms with Gasteiger partial charge < -0.3 is 14.7 Å². The number of anilines is 2. The number of imidazole rings is 1. The number of hydrogen-bond donors (Lipinski definition) is 1. The lowest BCUT2D eigenvalue weighted by Crippen LogP contribution is -2.52. The van der Waals surface area contributed by atoms with Crippen LogP contribution < -0.4 is 15.1 Å². The SMILES string of the molecule is O=C1CCC(N2Cc3cc(C#CCN4CCN(c5cccc(-c6cnc7ccc(N8CCC[C@H]8c8cccc(F)c8)nn67)n5)CC4)ccc3C2=O)C(=O)N1. The van der Waals surface area contributed by atoms with Crippen molar-refractivity contribution in [2.45, 2.75) is 44.3 Å². The molecule has 3 saturated heterocycles. The highest BCUT2D eigenvalue weighted by Gasteiger charge is 2.39. The molecule has 12 nitrogen and oxygen atoms in total. The molecular weight excluding hydrogens is 686 g/mol. The van der Waals surface area contributed by atoms with Crippen molar-refractivity contribution in [3.63, 3.8) is 0 Å². The van der Waals surface area contributed by atoms with E-state index in [-0.39, 0.29) is 30.1 Å². The molecule has 54 heavy (non-hydrogen) atoms. The summed E-state index contributed by atoms with van der Waals surface area (Å²) in [4.78, 5) is 55.1. The average Bonchev–Trinajstić information content (AvgIpc) is 3.93. The van der Waals surface area contributed by atoms with Crippen LogP contribution in [-0.2, 0) is 16.1 Å². The molecular formula is C41H38FN9O3. The lowest BCUT2D eigenvalue weighted by molar-refractivity contribution is -0.136. The Labute approximate surface area is 311 Å². The summed E-state index contributed by atoms with van der Waals surface area (Å²) in [6.45, 7) is 5.08. The van der Waals surface area contributed by atoms with E-state index in [1.807, 2.05) is 59.2 Å². The van der Waals surface area contributed by atoms with Crippen LogP contribution in [-0.4, -0.2) is 92.4 Å². The number of benzene rings is 2. The zero-order chi connectivity index (χ0) is 36.8. The maximum absolute atomic E-state index is 14.1. The summed E-state index contributed by atoms with van der Waals surface area (Å²) in [5.41, 5.74) is 5.55. The van der Waals surface area contributed by atoms with E-state index < -0.39 is 11.9 Å². The molecule has 0 saturated carbocycles. The minimum Gasteiger partial charge on any atom is -0.354 e. The molecule has 4 aliphatic rings. The molecule has 2 aromatic carbocycles. The predicted molar refractivity (Wildman–Crippen MR) is 200 cm³/mol. The number of carbonyl (C=O) groups is 3. The molecule has 0 radical (unpaired) electrons. The number of piperidine rings is 1. The van der Waals surface area contributed by atoms with E-state index >= 15 is 0 Å². The summed E-state index contributed by atoms with van der Waals surface area (Å²) in [5, 5.41) is 7.36. The van der Waals surface area contributed by atoms with Crippen LogP contribution in [0.2, 0.25) is 0 Å². The van der Waals surface area contributed by atoms with Crippen LogP contribution in [0.15, 0.2) is 79.0 Å². The quantitative estimate of drug-likeness (QED) is 0.203. The molecule has 0 aliphatic carbocycles. The van der Waals surface area contributed by atoms with Crippen molar-refractivity contribution in [3.8, 4) is 23.2 Å². The molecule has 0 bridgehead atoms. The van der Waals surface area contributed by atoms with Crippen molar-refractivity contribution in [3.05, 3.63) is 107 Å². The number of aromatic nitrogens is 4. The Morgan fingerprint density at radius 2 is 1.72 bits per heavy atom. The van der Waals surface area contributed by atoms with Crippen LogP contribution in [0.4, 0.5) is 16.0 Å². The van der Waals surface area contributed by atoms with Crippen LogP contribution in [0.3, 0.4) is 0 Å². The molecule has 4 aliphatic heterocycles. The number of carbonyl (C=O) groups excluding carboxylic acids is 3. The molecule has 3 amide bonds. The van der Waals surface area contributed by atoms with E-state index in [0.29, 0.717) is 25.1 Å². The molecule has 9 rings (SSSR count). The number of rotatable bonds is 6. The van der Waals surface area contributed by atoms with Crippen molar-refractivity contribution >= 4 is 35.0 Å². The number of nitrogens with zero attached hydrogens (tertiary/aromatic N) is 8. The van der Waals surface area contributed by atoms with E-state index in [9.17, 15) is 18.8 Å². The summed E-state index contributed by atoms with van der Waals surface area (Å²) < 4.78 is 15.9. The van der Waals surface area contributed by atoms with Gasteiger partial charge in [-0.25, -0.2) is 18.9 Å². The van der Waals surface area contributed by atoms with Gasteiger partial charge in [0.1, 0.15) is 29.2 Å². The highest BCUT2D eigenvalue weighted by Crippen LogP contribution is 2.36. The van der Waals surface area contributed by atoms with E-state index in [1.54, 1.807) is 23.1 Å². The van der Waals surface area contributed by atoms with Crippen LogP contribution >= 0.6 is 0 Å². The molecule has 5 aromatic rings. The molecule has 3 aromatic heterocycles. The zero-order valence-corrected chi connectivity index (χ0v) is 29.6. The standard InChI is InChI=1S/C41H38FN9O3/c42-30-7-1-6-28(24-30)33-9-4-18-49(33)38-15-14-36-43-25-35(51(36)46-38)32-8-2-10-37(44-32)48-21-19-47(20-22-48)17-3-5-27-11-12-31-29(23-27)26-50(41(31)54)34-13-16-39(52)45-40(34)53/h1-2,6-8,10-12,14-15,23-25,33-34H,4,9,13,16-22,26H2,(H,45,52,53)/t33-,34?/m0/s1. The third-order valence-corrected chi connectivity index (χ3v) is 10.9. The number of fused-ring (bicyclic) bond motifs is 2. The van der Waals surface area contributed by atoms with Crippen LogP contribution in [0.5, 0.6) is 0 Å². The van der Waals surface area contributed by atoms with Gasteiger partial charge >= 0.3 is 0 Å². The van der Waals surface area contributed by atoms with Crippen molar-refractivity contribution < 1.29 is 18.8 Å². The molecule has 1 unspecified atom stereocenters. The summed E-state index contributed by atoms with van der Waals surface area (Å²) in [5.74, 6) is 7.16. The van der Waals surface area contributed by atoms with E-state index in [1.165, 1.54) is 6.07 Å². The first kappa shape index (κ1) is 33.7. The molecule has 272 valence electrons. The number of pyridine rings is 1. The van der Waals surface area contributed by atoms with E-state index in [2.05, 4.69) is 36.8 Å². The molecule has 1 N–H and O–H groups in total. The first-order valence-electron chi connectivity index (χ1n) is 18.5. The monoisotopic (exact) mass is 723 g/mol. The maximum Gasteiger partial charge on any atom is 0.255 e. The van der Waals surface area contributed by atoms with Crippen molar-refractivity contribution in [2.75, 3.05) is 49.1 Å². The number of hydrogen-bond acceptors (Lipinski definition) is 9. The second-order valence-corrected chi connectivity index (χ2v) is 14.2. The summed E-state index contributed by atoms with van der Waals surface area (Å²) in [6, 6.07) is 21.9. The lowest BCUT2D eigenvalue weighted by Gasteiger charge is -2.34. The molecule has 13 heteroatoms. The Morgan fingerprint density at radius 3 is 2.57 bits per heavy atom. The van der Waals surface area contributed by atoms with Crippen molar-refractivity contribution in [2.24, 2.45) is 0 Å². The van der Waals surface area contributed by atoms with Gasteiger partial charge in [-0.1, -0.05) is 30.0 Å². The van der Waals surface area contributed by atoms with Gasteiger partial charge in [0.25, 0.3) is 5.91 Å². The van der Waals surface area contributed by atoms with Gasteiger partial charge in [0.2, 0.25) is 11.8 Å². The van der Waals surface area contributed by atoms with Crippen molar-refractivity contribution in [1.29, 1.82) is 0 Å². The molecule has 7 heterocycles. The molecule has 3 fully saturated rings. The number of halogens is 1. The van der Waals surface area contributed by atoms with Gasteiger partial charge in [0, 0.05) is 56.8 Å². The molecule has 2 atom stereocenters. The Balaban J connectivity index is 0.835. The van der Waals surface area contributed by atoms with Crippen LogP contribution in [0.25, 0.3) is 17.0 Å². The fraction of sp³-hybridized carbons (Fsp3) is 0.317. The number of amides is 3. The highest BCUT2D eigenvalue weighted by atomic mass is 19.1. The van der Waals surface area contributed by atoms with Crippen molar-refractivity contribution in [1.82, 2.24) is 34.7 Å². The zero-order valence-electron chi connectivity index (χ0n) is 29.6. The van der Waals surface area contributed by atoms with Gasteiger partial charge in [-0.3, -0.25) is 24.6 Å². The van der Waals surface area contributed by atoms with Gasteiger partial charge in [-0.05, 0) is 85.0 Å². The smallest absolute Gasteiger partial charge is 0.255 e. The van der Waals surface area contributed by atoms with Crippen LogP contribution in [0.1, 0.15) is 58.8 Å². The first-order valence-corrected chi connectivity index (χ1v) is 18.5. The minimum absolute atomic E-state index is 0.0645.